The van der Waals surface area contributed by atoms with Crippen LogP contribution in [0.15, 0.2) is 79.4 Å². The van der Waals surface area contributed by atoms with Gasteiger partial charge in [-0.2, -0.15) is 10.2 Å². The molecule has 0 atom stereocenters. The number of benzene rings is 2. The third-order valence-electron chi connectivity index (χ3n) is 4.24. The molecule has 1 amide bonds. The maximum absolute atomic E-state index is 12.2. The van der Waals surface area contributed by atoms with E-state index < -0.39 is 0 Å². The van der Waals surface area contributed by atoms with E-state index >= 15 is 0 Å². The molecule has 0 bridgehead atoms. The van der Waals surface area contributed by atoms with Crippen LogP contribution in [0.3, 0.4) is 0 Å². The zero-order valence-electron chi connectivity index (χ0n) is 15.1. The van der Waals surface area contributed by atoms with Crippen molar-refractivity contribution in [2.75, 3.05) is 0 Å². The van der Waals surface area contributed by atoms with Crippen LogP contribution in [0.4, 0.5) is 0 Å². The van der Waals surface area contributed by atoms with Gasteiger partial charge in [0.15, 0.2) is 0 Å². The minimum absolute atomic E-state index is 0.0169. The van der Waals surface area contributed by atoms with Gasteiger partial charge in [0.1, 0.15) is 11.5 Å². The van der Waals surface area contributed by atoms with Gasteiger partial charge >= 0.3 is 0 Å². The Labute approximate surface area is 173 Å². The maximum atomic E-state index is 12.2. The summed E-state index contributed by atoms with van der Waals surface area (Å²) in [4.78, 5) is 24.0. The first-order valence-electron chi connectivity index (χ1n) is 8.74. The van der Waals surface area contributed by atoms with Crippen LogP contribution in [0.25, 0.3) is 22.1 Å². The lowest BCUT2D eigenvalue weighted by atomic mass is 10.1. The average molecular weight is 451 g/mol. The van der Waals surface area contributed by atoms with Gasteiger partial charge in [-0.05, 0) is 30.3 Å². The molecule has 2 heterocycles. The predicted molar refractivity (Wildman–Crippen MR) is 114 cm³/mol. The van der Waals surface area contributed by atoms with Crippen molar-refractivity contribution in [3.8, 4) is 11.3 Å². The van der Waals surface area contributed by atoms with E-state index in [4.69, 9.17) is 4.42 Å². The Balaban J connectivity index is 1.42. The highest BCUT2D eigenvalue weighted by Crippen LogP contribution is 2.23. The van der Waals surface area contributed by atoms with Crippen LogP contribution in [0.5, 0.6) is 0 Å². The van der Waals surface area contributed by atoms with Crippen molar-refractivity contribution in [1.82, 2.24) is 15.6 Å². The molecule has 7 nitrogen and oxygen atoms in total. The van der Waals surface area contributed by atoms with E-state index in [2.05, 4.69) is 36.7 Å². The fraction of sp³-hybridized carbons (Fsp3) is 0.0476. The normalized spacial score (nSPS) is 11.2. The van der Waals surface area contributed by atoms with Crippen LogP contribution < -0.4 is 11.0 Å². The van der Waals surface area contributed by atoms with Crippen LogP contribution in [-0.4, -0.2) is 22.3 Å². The zero-order chi connectivity index (χ0) is 20.2. The number of hydrogen-bond donors (Lipinski definition) is 2. The minimum atomic E-state index is -0.356. The number of nitrogens with one attached hydrogen (secondary N) is 2. The lowest BCUT2D eigenvalue weighted by Gasteiger charge is -2.03. The Kier molecular flexibility index (Phi) is 5.35. The van der Waals surface area contributed by atoms with E-state index in [9.17, 15) is 9.59 Å². The summed E-state index contributed by atoms with van der Waals surface area (Å²) >= 11 is 3.40. The number of carbonyl (C=O) groups is 1. The number of carbonyl (C=O) groups excluding carboxylic acids is 1. The highest BCUT2D eigenvalue weighted by atomic mass is 79.9. The molecule has 8 heteroatoms. The average Bonchev–Trinajstić information content (AvgIpc) is 3.20. The maximum Gasteiger partial charge on any atom is 0.272 e. The van der Waals surface area contributed by atoms with Gasteiger partial charge in [-0.1, -0.05) is 46.3 Å². The Hall–Kier alpha value is -3.52. The Morgan fingerprint density at radius 1 is 1.10 bits per heavy atom. The number of H-pyrrole nitrogens is 1. The van der Waals surface area contributed by atoms with Gasteiger partial charge in [-0.3, -0.25) is 9.59 Å². The van der Waals surface area contributed by atoms with Gasteiger partial charge < -0.3 is 4.42 Å². The molecule has 2 aromatic carbocycles. The molecular weight excluding hydrogens is 436 g/mol. The topological polar surface area (TPSA) is 100 Å². The summed E-state index contributed by atoms with van der Waals surface area (Å²) in [6, 6.07) is 18.3. The molecule has 0 radical (unpaired) electrons. The second-order valence-corrected chi connectivity index (χ2v) is 7.14. The molecule has 4 rings (SSSR count). The van der Waals surface area contributed by atoms with Crippen molar-refractivity contribution >= 4 is 38.8 Å². The van der Waals surface area contributed by atoms with E-state index in [1.807, 2.05) is 30.3 Å². The highest BCUT2D eigenvalue weighted by Gasteiger charge is 2.10. The standard InChI is InChI=1S/C21H15BrN4O3/c22-14-7-5-13(6-8-14)19-10-9-15(29-19)12-23-25-20(27)11-18-16-3-1-2-4-17(16)21(28)26-24-18/h1-10,12H,11H2,(H,25,27)(H,26,28)/b23-12+. The van der Waals surface area contributed by atoms with E-state index in [1.165, 1.54) is 6.21 Å². The Morgan fingerprint density at radius 3 is 2.66 bits per heavy atom. The second-order valence-electron chi connectivity index (χ2n) is 6.22. The molecule has 0 fully saturated rings. The van der Waals surface area contributed by atoms with Gasteiger partial charge in [0.05, 0.1) is 23.7 Å². The summed E-state index contributed by atoms with van der Waals surface area (Å²) in [6.45, 7) is 0. The number of fused-ring (bicyclic) bond motifs is 1. The third-order valence-corrected chi connectivity index (χ3v) is 4.77. The number of nitrogens with zero attached hydrogens (tertiary/aromatic N) is 2. The SMILES string of the molecule is O=C(Cc1n[nH]c(=O)c2ccccc12)N/N=C/c1ccc(-c2ccc(Br)cc2)o1. The van der Waals surface area contributed by atoms with Crippen molar-refractivity contribution in [2.24, 2.45) is 5.10 Å². The lowest BCUT2D eigenvalue weighted by molar-refractivity contribution is -0.120. The predicted octanol–water partition coefficient (Wildman–Crippen LogP) is 3.64. The minimum Gasteiger partial charge on any atom is -0.455 e. The molecule has 0 saturated carbocycles. The summed E-state index contributed by atoms with van der Waals surface area (Å²) < 4.78 is 6.70. The van der Waals surface area contributed by atoms with E-state index in [0.717, 1.165) is 10.0 Å². The number of furan rings is 1. The first-order valence-corrected chi connectivity index (χ1v) is 9.53. The summed E-state index contributed by atoms with van der Waals surface area (Å²) in [7, 11) is 0. The molecule has 144 valence electrons. The first-order chi connectivity index (χ1) is 14.1. The van der Waals surface area contributed by atoms with Crippen molar-refractivity contribution in [3.05, 3.63) is 86.9 Å². The second kappa shape index (κ2) is 8.24. The summed E-state index contributed by atoms with van der Waals surface area (Å²) in [5.41, 5.74) is 3.57. The van der Waals surface area contributed by atoms with E-state index in [0.29, 0.717) is 28.0 Å². The van der Waals surface area contributed by atoms with Crippen LogP contribution in [0, 0.1) is 0 Å². The number of amides is 1. The molecular formula is C21H15BrN4O3. The highest BCUT2D eigenvalue weighted by molar-refractivity contribution is 9.10. The van der Waals surface area contributed by atoms with Crippen LogP contribution in [0.1, 0.15) is 11.5 Å². The van der Waals surface area contributed by atoms with Crippen LogP contribution in [-0.2, 0) is 11.2 Å². The van der Waals surface area contributed by atoms with E-state index in [1.54, 1.807) is 30.3 Å². The zero-order valence-corrected chi connectivity index (χ0v) is 16.6. The largest absolute Gasteiger partial charge is 0.455 e. The van der Waals surface area contributed by atoms with E-state index in [-0.39, 0.29) is 17.9 Å². The summed E-state index contributed by atoms with van der Waals surface area (Å²) in [6.07, 6.45) is 1.41. The van der Waals surface area contributed by atoms with Crippen molar-refractivity contribution in [3.63, 3.8) is 0 Å². The molecule has 0 aliphatic carbocycles. The van der Waals surface area contributed by atoms with Crippen molar-refractivity contribution in [1.29, 1.82) is 0 Å². The van der Waals surface area contributed by atoms with Crippen molar-refractivity contribution in [2.45, 2.75) is 6.42 Å². The smallest absolute Gasteiger partial charge is 0.272 e. The summed E-state index contributed by atoms with van der Waals surface area (Å²) in [5, 5.41) is 11.5. The third kappa shape index (κ3) is 4.33. The number of rotatable bonds is 5. The molecule has 2 N–H and O–H groups in total. The van der Waals surface area contributed by atoms with Gasteiger partial charge in [-0.25, -0.2) is 10.5 Å². The van der Waals surface area contributed by atoms with Gasteiger partial charge in [0, 0.05) is 15.4 Å². The number of hydrazone groups is 1. The molecule has 29 heavy (non-hydrogen) atoms. The number of aromatic amines is 1. The lowest BCUT2D eigenvalue weighted by Crippen LogP contribution is -2.22. The van der Waals surface area contributed by atoms with Gasteiger partial charge in [0.25, 0.3) is 5.56 Å². The summed E-state index contributed by atoms with van der Waals surface area (Å²) in [5.74, 6) is 0.857. The van der Waals surface area contributed by atoms with Gasteiger partial charge in [0.2, 0.25) is 5.91 Å². The first kappa shape index (κ1) is 18.8. The number of hydrogen-bond acceptors (Lipinski definition) is 5. The van der Waals surface area contributed by atoms with Gasteiger partial charge in [-0.15, -0.1) is 0 Å². The molecule has 0 unspecified atom stereocenters. The van der Waals surface area contributed by atoms with Crippen LogP contribution in [0.2, 0.25) is 0 Å². The molecule has 0 aliphatic heterocycles. The molecule has 0 spiro atoms. The number of aromatic nitrogens is 2. The Bertz CT molecular complexity index is 1260. The van der Waals surface area contributed by atoms with Crippen LogP contribution >= 0.6 is 15.9 Å². The molecule has 4 aromatic rings. The number of halogens is 1. The monoisotopic (exact) mass is 450 g/mol. The fourth-order valence-corrected chi connectivity index (χ4v) is 3.12. The molecule has 2 aromatic heterocycles. The molecule has 0 saturated heterocycles. The molecule has 0 aliphatic rings. The van der Waals surface area contributed by atoms with Crippen molar-refractivity contribution < 1.29 is 9.21 Å². The fourth-order valence-electron chi connectivity index (χ4n) is 2.86. The Morgan fingerprint density at radius 2 is 1.86 bits per heavy atom. The quantitative estimate of drug-likeness (QED) is 0.358.